The molecule has 1 N–H and O–H groups in total. The molecule has 0 saturated carbocycles. The van der Waals surface area contributed by atoms with E-state index < -0.39 is 0 Å². The summed E-state index contributed by atoms with van der Waals surface area (Å²) >= 11 is 1.36. The van der Waals surface area contributed by atoms with Crippen molar-refractivity contribution >= 4 is 28.5 Å². The summed E-state index contributed by atoms with van der Waals surface area (Å²) in [5.41, 5.74) is 4.36. The minimum absolute atomic E-state index is 0.220. The number of benzene rings is 2. The molecule has 5 heteroatoms. The Bertz CT molecular complexity index is 864. The summed E-state index contributed by atoms with van der Waals surface area (Å²) in [7, 11) is 0. The maximum atomic E-state index is 12.0. The topological polar surface area (TPSA) is 54.9 Å². The van der Waals surface area contributed by atoms with Crippen molar-refractivity contribution in [3.05, 3.63) is 71.3 Å². The van der Waals surface area contributed by atoms with Gasteiger partial charge in [0.05, 0.1) is 0 Å². The first-order valence-electron chi connectivity index (χ1n) is 7.56. The zero-order valence-electron chi connectivity index (χ0n) is 13.5. The quantitative estimate of drug-likeness (QED) is 0.716. The van der Waals surface area contributed by atoms with Gasteiger partial charge in [0.2, 0.25) is 11.0 Å². The molecule has 0 bridgehead atoms. The van der Waals surface area contributed by atoms with E-state index >= 15 is 0 Å². The van der Waals surface area contributed by atoms with Crippen LogP contribution in [0.15, 0.2) is 54.6 Å². The highest BCUT2D eigenvalue weighted by Gasteiger charge is 2.08. The van der Waals surface area contributed by atoms with Crippen molar-refractivity contribution in [2.24, 2.45) is 0 Å². The van der Waals surface area contributed by atoms with E-state index in [1.54, 1.807) is 6.08 Å². The Hall–Kier alpha value is -2.79. The minimum atomic E-state index is -0.220. The molecule has 2 aromatic carbocycles. The Balaban J connectivity index is 1.64. The van der Waals surface area contributed by atoms with E-state index in [-0.39, 0.29) is 5.91 Å². The minimum Gasteiger partial charge on any atom is -0.297 e. The molecule has 120 valence electrons. The van der Waals surface area contributed by atoms with Crippen LogP contribution in [0.4, 0.5) is 5.13 Å². The highest BCUT2D eigenvalue weighted by Crippen LogP contribution is 2.26. The van der Waals surface area contributed by atoms with Gasteiger partial charge in [0, 0.05) is 11.6 Å². The van der Waals surface area contributed by atoms with Crippen LogP contribution < -0.4 is 5.32 Å². The zero-order chi connectivity index (χ0) is 16.9. The molecule has 4 nitrogen and oxygen atoms in total. The summed E-state index contributed by atoms with van der Waals surface area (Å²) in [5.74, 6) is -0.220. The zero-order valence-corrected chi connectivity index (χ0v) is 14.3. The van der Waals surface area contributed by atoms with Crippen LogP contribution in [0.25, 0.3) is 16.6 Å². The van der Waals surface area contributed by atoms with Crippen molar-refractivity contribution in [1.29, 1.82) is 0 Å². The lowest BCUT2D eigenvalue weighted by Gasteiger charge is -1.97. The monoisotopic (exact) mass is 335 g/mol. The second kappa shape index (κ2) is 7.19. The lowest BCUT2D eigenvalue weighted by Crippen LogP contribution is -2.07. The molecule has 3 rings (SSSR count). The number of hydrogen-bond donors (Lipinski definition) is 1. The first-order chi connectivity index (χ1) is 11.6. The second-order valence-corrected chi connectivity index (χ2v) is 6.49. The van der Waals surface area contributed by atoms with Crippen molar-refractivity contribution in [2.45, 2.75) is 13.8 Å². The number of aryl methyl sites for hydroxylation is 2. The fraction of sp³-hybridized carbons (Fsp3) is 0.105. The third-order valence-electron chi connectivity index (χ3n) is 3.46. The van der Waals surface area contributed by atoms with E-state index in [9.17, 15) is 4.79 Å². The molecule has 0 atom stereocenters. The van der Waals surface area contributed by atoms with Crippen LogP contribution in [0.2, 0.25) is 0 Å². The Labute approximate surface area is 144 Å². The molecule has 0 fully saturated rings. The number of rotatable bonds is 4. The lowest BCUT2D eigenvalue weighted by molar-refractivity contribution is -0.111. The molecule has 0 spiro atoms. The van der Waals surface area contributed by atoms with Crippen molar-refractivity contribution < 1.29 is 4.79 Å². The molecule has 1 heterocycles. The normalized spacial score (nSPS) is 10.9. The summed E-state index contributed by atoms with van der Waals surface area (Å²) in [4.78, 5) is 12.0. The third kappa shape index (κ3) is 4.14. The number of anilines is 1. The first kappa shape index (κ1) is 16.1. The van der Waals surface area contributed by atoms with Gasteiger partial charge in [-0.1, -0.05) is 71.0 Å². The number of carbonyl (C=O) groups is 1. The van der Waals surface area contributed by atoms with Crippen LogP contribution in [0.5, 0.6) is 0 Å². The van der Waals surface area contributed by atoms with Crippen LogP contribution in [-0.4, -0.2) is 16.1 Å². The third-order valence-corrected chi connectivity index (χ3v) is 4.35. The number of amides is 1. The molecule has 3 aromatic rings. The van der Waals surface area contributed by atoms with Gasteiger partial charge in [-0.2, -0.15) is 0 Å². The summed E-state index contributed by atoms with van der Waals surface area (Å²) in [5, 5.41) is 12.2. The van der Waals surface area contributed by atoms with Crippen LogP contribution in [0.3, 0.4) is 0 Å². The van der Waals surface area contributed by atoms with Crippen LogP contribution in [0.1, 0.15) is 16.7 Å². The maximum Gasteiger partial charge on any atom is 0.250 e. The largest absolute Gasteiger partial charge is 0.297 e. The molecule has 0 aliphatic carbocycles. The van der Waals surface area contributed by atoms with E-state index in [1.807, 2.05) is 62.4 Å². The highest BCUT2D eigenvalue weighted by atomic mass is 32.1. The smallest absolute Gasteiger partial charge is 0.250 e. The lowest BCUT2D eigenvalue weighted by atomic mass is 10.1. The molecule has 0 aliphatic rings. The van der Waals surface area contributed by atoms with Crippen molar-refractivity contribution in [1.82, 2.24) is 10.2 Å². The molecular formula is C19H17N3OS. The van der Waals surface area contributed by atoms with E-state index in [4.69, 9.17) is 0 Å². The summed E-state index contributed by atoms with van der Waals surface area (Å²) < 4.78 is 0. The maximum absolute atomic E-state index is 12.0. The fourth-order valence-corrected chi connectivity index (χ4v) is 2.84. The molecular weight excluding hydrogens is 318 g/mol. The van der Waals surface area contributed by atoms with E-state index in [0.29, 0.717) is 5.13 Å². The Morgan fingerprint density at radius 2 is 1.58 bits per heavy atom. The average molecular weight is 335 g/mol. The number of nitrogens with zero attached hydrogens (tertiary/aromatic N) is 2. The van der Waals surface area contributed by atoms with E-state index in [1.165, 1.54) is 28.5 Å². The van der Waals surface area contributed by atoms with Crippen molar-refractivity contribution in [3.8, 4) is 10.6 Å². The average Bonchev–Trinajstić information content (AvgIpc) is 3.03. The molecule has 0 aliphatic heterocycles. The Morgan fingerprint density at radius 1 is 0.958 bits per heavy atom. The van der Waals surface area contributed by atoms with Gasteiger partial charge < -0.3 is 0 Å². The van der Waals surface area contributed by atoms with E-state index in [0.717, 1.165) is 16.1 Å². The number of carbonyl (C=O) groups excluding carboxylic acids is 1. The molecule has 24 heavy (non-hydrogen) atoms. The second-order valence-electron chi connectivity index (χ2n) is 5.51. The van der Waals surface area contributed by atoms with Gasteiger partial charge in [-0.3, -0.25) is 10.1 Å². The number of hydrogen-bond acceptors (Lipinski definition) is 4. The molecule has 1 amide bonds. The van der Waals surface area contributed by atoms with E-state index in [2.05, 4.69) is 15.5 Å². The Morgan fingerprint density at radius 3 is 2.25 bits per heavy atom. The van der Waals surface area contributed by atoms with Gasteiger partial charge in [-0.05, 0) is 25.5 Å². The molecule has 0 radical (unpaired) electrons. The SMILES string of the molecule is Cc1ccc(/C=C/C(=O)Nc2nnc(-c3ccc(C)cc3)s2)cc1. The van der Waals surface area contributed by atoms with Gasteiger partial charge in [0.1, 0.15) is 5.01 Å². The van der Waals surface area contributed by atoms with Gasteiger partial charge in [0.15, 0.2) is 0 Å². The van der Waals surface area contributed by atoms with Crippen LogP contribution in [0, 0.1) is 13.8 Å². The predicted molar refractivity (Wildman–Crippen MR) is 98.9 cm³/mol. The molecule has 1 aromatic heterocycles. The van der Waals surface area contributed by atoms with Gasteiger partial charge in [-0.15, -0.1) is 10.2 Å². The van der Waals surface area contributed by atoms with Gasteiger partial charge in [-0.25, -0.2) is 0 Å². The van der Waals surface area contributed by atoms with Crippen molar-refractivity contribution in [2.75, 3.05) is 5.32 Å². The Kier molecular flexibility index (Phi) is 4.82. The van der Waals surface area contributed by atoms with Crippen LogP contribution in [-0.2, 0) is 4.79 Å². The first-order valence-corrected chi connectivity index (χ1v) is 8.38. The number of aromatic nitrogens is 2. The predicted octanol–water partition coefficient (Wildman–Crippen LogP) is 4.47. The van der Waals surface area contributed by atoms with Crippen LogP contribution >= 0.6 is 11.3 Å². The fourth-order valence-electron chi connectivity index (χ4n) is 2.08. The standard InChI is InChI=1S/C19H17N3OS/c1-13-3-7-15(8-4-13)9-12-17(23)20-19-22-21-18(24-19)16-10-5-14(2)6-11-16/h3-12H,1-2H3,(H,20,22,23)/b12-9+. The van der Waals surface area contributed by atoms with Gasteiger partial charge in [0.25, 0.3) is 0 Å². The number of nitrogens with one attached hydrogen (secondary N) is 1. The van der Waals surface area contributed by atoms with Gasteiger partial charge >= 0.3 is 0 Å². The summed E-state index contributed by atoms with van der Waals surface area (Å²) in [6, 6.07) is 16.0. The molecule has 0 saturated heterocycles. The van der Waals surface area contributed by atoms with Crippen molar-refractivity contribution in [3.63, 3.8) is 0 Å². The summed E-state index contributed by atoms with van der Waals surface area (Å²) in [6.45, 7) is 4.07. The summed E-state index contributed by atoms with van der Waals surface area (Å²) in [6.07, 6.45) is 3.27. The highest BCUT2D eigenvalue weighted by molar-refractivity contribution is 7.18. The molecule has 0 unspecified atom stereocenters.